The van der Waals surface area contributed by atoms with Crippen molar-refractivity contribution in [3.05, 3.63) is 57.3 Å². The molecule has 0 saturated heterocycles. The molecule has 0 bridgehead atoms. The summed E-state index contributed by atoms with van der Waals surface area (Å²) < 4.78 is 0. The highest BCUT2D eigenvalue weighted by molar-refractivity contribution is 7.14. The van der Waals surface area contributed by atoms with Gasteiger partial charge in [0.05, 0.1) is 4.88 Å². The number of carbonyl (C=O) groups excluding carboxylic acids is 1. The molecule has 0 fully saturated rings. The Balaban J connectivity index is 1.95. The van der Waals surface area contributed by atoms with Crippen molar-refractivity contribution < 1.29 is 4.79 Å². The fraction of sp³-hybridized carbons (Fsp3) is 0.214. The molecule has 80 valence electrons. The highest BCUT2D eigenvalue weighted by atomic mass is 32.1. The summed E-state index contributed by atoms with van der Waals surface area (Å²) in [5.74, 6) is 0.167. The molecule has 0 unspecified atom stereocenters. The molecule has 16 heavy (non-hydrogen) atoms. The lowest BCUT2D eigenvalue weighted by Crippen LogP contribution is -1.97. The van der Waals surface area contributed by atoms with Crippen LogP contribution in [-0.2, 0) is 12.8 Å². The largest absolute Gasteiger partial charge is 0.288 e. The van der Waals surface area contributed by atoms with Gasteiger partial charge in [0, 0.05) is 10.4 Å². The molecule has 3 rings (SSSR count). The van der Waals surface area contributed by atoms with E-state index in [9.17, 15) is 4.79 Å². The fourth-order valence-corrected chi connectivity index (χ4v) is 3.39. The van der Waals surface area contributed by atoms with Crippen LogP contribution in [0.3, 0.4) is 0 Å². The van der Waals surface area contributed by atoms with Gasteiger partial charge in [0.2, 0.25) is 5.78 Å². The van der Waals surface area contributed by atoms with Crippen LogP contribution >= 0.6 is 11.3 Å². The number of rotatable bonds is 2. The molecular formula is C14H12OS. The van der Waals surface area contributed by atoms with Gasteiger partial charge in [0.25, 0.3) is 0 Å². The number of aryl methyl sites for hydroxylation is 2. The molecule has 2 aromatic rings. The van der Waals surface area contributed by atoms with E-state index in [2.05, 4.69) is 6.07 Å². The molecule has 1 aliphatic carbocycles. The Morgan fingerprint density at radius 3 is 2.69 bits per heavy atom. The molecule has 0 atom stereocenters. The van der Waals surface area contributed by atoms with Crippen LogP contribution in [0.15, 0.2) is 36.4 Å². The van der Waals surface area contributed by atoms with Crippen LogP contribution in [0.25, 0.3) is 0 Å². The minimum atomic E-state index is 0.167. The van der Waals surface area contributed by atoms with Gasteiger partial charge in [-0.2, -0.15) is 0 Å². The number of ketones is 1. The topological polar surface area (TPSA) is 17.1 Å². The van der Waals surface area contributed by atoms with E-state index in [4.69, 9.17) is 0 Å². The molecule has 0 saturated carbocycles. The average Bonchev–Trinajstić information content (AvgIpc) is 2.89. The number of benzene rings is 1. The van der Waals surface area contributed by atoms with E-state index >= 15 is 0 Å². The molecule has 0 radical (unpaired) electrons. The van der Waals surface area contributed by atoms with Crippen molar-refractivity contribution in [3.63, 3.8) is 0 Å². The first-order valence-electron chi connectivity index (χ1n) is 5.56. The predicted molar refractivity (Wildman–Crippen MR) is 66.2 cm³/mol. The Morgan fingerprint density at radius 1 is 1.12 bits per heavy atom. The third-order valence-corrected chi connectivity index (χ3v) is 4.24. The van der Waals surface area contributed by atoms with E-state index in [1.165, 1.54) is 16.9 Å². The summed E-state index contributed by atoms with van der Waals surface area (Å²) in [6, 6.07) is 11.6. The van der Waals surface area contributed by atoms with Gasteiger partial charge in [-0.25, -0.2) is 0 Å². The minimum absolute atomic E-state index is 0.167. The average molecular weight is 228 g/mol. The Morgan fingerprint density at radius 2 is 1.94 bits per heavy atom. The highest BCUT2D eigenvalue weighted by Crippen LogP contribution is 2.31. The Hall–Kier alpha value is -1.41. The summed E-state index contributed by atoms with van der Waals surface area (Å²) in [7, 11) is 0. The van der Waals surface area contributed by atoms with Crippen LogP contribution < -0.4 is 0 Å². The normalized spacial score (nSPS) is 13.8. The van der Waals surface area contributed by atoms with Crippen LogP contribution in [-0.4, -0.2) is 5.78 Å². The molecule has 1 heterocycles. The third kappa shape index (κ3) is 1.59. The summed E-state index contributed by atoms with van der Waals surface area (Å²) in [6.45, 7) is 0. The maximum absolute atomic E-state index is 12.2. The van der Waals surface area contributed by atoms with Crippen molar-refractivity contribution in [1.82, 2.24) is 0 Å². The van der Waals surface area contributed by atoms with Crippen LogP contribution in [0.1, 0.15) is 32.1 Å². The van der Waals surface area contributed by atoms with E-state index < -0.39 is 0 Å². The van der Waals surface area contributed by atoms with E-state index in [1.807, 2.05) is 30.3 Å². The molecule has 1 aromatic carbocycles. The molecule has 0 amide bonds. The zero-order chi connectivity index (χ0) is 11.0. The van der Waals surface area contributed by atoms with E-state index in [0.29, 0.717) is 0 Å². The maximum Gasteiger partial charge on any atom is 0.202 e. The van der Waals surface area contributed by atoms with Gasteiger partial charge < -0.3 is 0 Å². The lowest BCUT2D eigenvalue weighted by atomic mass is 10.1. The summed E-state index contributed by atoms with van der Waals surface area (Å²) in [5, 5.41) is 0. The quantitative estimate of drug-likeness (QED) is 0.719. The van der Waals surface area contributed by atoms with Gasteiger partial charge in [0.1, 0.15) is 0 Å². The van der Waals surface area contributed by atoms with Crippen molar-refractivity contribution in [2.24, 2.45) is 0 Å². The summed E-state index contributed by atoms with van der Waals surface area (Å²) in [4.78, 5) is 14.5. The smallest absolute Gasteiger partial charge is 0.202 e. The molecule has 1 aliphatic rings. The van der Waals surface area contributed by atoms with Crippen molar-refractivity contribution in [2.75, 3.05) is 0 Å². The third-order valence-electron chi connectivity index (χ3n) is 3.01. The Kier molecular flexibility index (Phi) is 2.37. The molecule has 1 aromatic heterocycles. The van der Waals surface area contributed by atoms with Crippen molar-refractivity contribution >= 4 is 17.1 Å². The summed E-state index contributed by atoms with van der Waals surface area (Å²) >= 11 is 1.68. The Labute approximate surface area is 98.7 Å². The summed E-state index contributed by atoms with van der Waals surface area (Å²) in [5.41, 5.74) is 2.19. The number of carbonyl (C=O) groups is 1. The lowest BCUT2D eigenvalue weighted by Gasteiger charge is -1.96. The zero-order valence-electron chi connectivity index (χ0n) is 8.90. The fourth-order valence-electron chi connectivity index (χ4n) is 2.17. The van der Waals surface area contributed by atoms with Gasteiger partial charge in [-0.05, 0) is 30.9 Å². The molecule has 0 spiro atoms. The molecule has 0 aliphatic heterocycles. The van der Waals surface area contributed by atoms with Crippen LogP contribution in [0.4, 0.5) is 0 Å². The minimum Gasteiger partial charge on any atom is -0.288 e. The second kappa shape index (κ2) is 3.87. The van der Waals surface area contributed by atoms with Gasteiger partial charge in [-0.3, -0.25) is 4.79 Å². The van der Waals surface area contributed by atoms with Crippen LogP contribution in [0, 0.1) is 0 Å². The van der Waals surface area contributed by atoms with E-state index in [-0.39, 0.29) is 5.78 Å². The number of hydrogen-bond acceptors (Lipinski definition) is 2. The predicted octanol–water partition coefficient (Wildman–Crippen LogP) is 3.47. The zero-order valence-corrected chi connectivity index (χ0v) is 9.72. The SMILES string of the molecule is O=C(c1ccccc1)c1cc2c(s1)CCC2. The van der Waals surface area contributed by atoms with Crippen LogP contribution in [0.2, 0.25) is 0 Å². The Bertz CT molecular complexity index is 503. The van der Waals surface area contributed by atoms with Crippen LogP contribution in [0.5, 0.6) is 0 Å². The van der Waals surface area contributed by atoms with Crippen molar-refractivity contribution in [1.29, 1.82) is 0 Å². The standard InChI is InChI=1S/C14H12OS/c15-14(10-5-2-1-3-6-10)13-9-11-7-4-8-12(11)16-13/h1-3,5-6,9H,4,7-8H2. The highest BCUT2D eigenvalue weighted by Gasteiger charge is 2.18. The molecule has 1 nitrogen and oxygen atoms in total. The second-order valence-electron chi connectivity index (χ2n) is 4.11. The van der Waals surface area contributed by atoms with Crippen molar-refractivity contribution in [2.45, 2.75) is 19.3 Å². The van der Waals surface area contributed by atoms with Gasteiger partial charge in [0.15, 0.2) is 0 Å². The molecular weight excluding hydrogens is 216 g/mol. The number of fused-ring (bicyclic) bond motifs is 1. The van der Waals surface area contributed by atoms with Gasteiger partial charge in [-0.15, -0.1) is 11.3 Å². The maximum atomic E-state index is 12.2. The first-order chi connectivity index (χ1) is 7.84. The van der Waals surface area contributed by atoms with Gasteiger partial charge in [-0.1, -0.05) is 30.3 Å². The molecule has 0 N–H and O–H groups in total. The first-order valence-corrected chi connectivity index (χ1v) is 6.37. The number of hydrogen-bond donors (Lipinski definition) is 0. The summed E-state index contributed by atoms with van der Waals surface area (Å²) in [6.07, 6.45) is 3.55. The van der Waals surface area contributed by atoms with E-state index in [1.54, 1.807) is 11.3 Å². The van der Waals surface area contributed by atoms with Gasteiger partial charge >= 0.3 is 0 Å². The monoisotopic (exact) mass is 228 g/mol. The van der Waals surface area contributed by atoms with E-state index in [0.717, 1.165) is 23.3 Å². The lowest BCUT2D eigenvalue weighted by molar-refractivity contribution is 0.104. The number of thiophene rings is 1. The molecule has 2 heteroatoms. The van der Waals surface area contributed by atoms with Crippen molar-refractivity contribution in [3.8, 4) is 0 Å². The first kappa shape index (κ1) is 9.79. The second-order valence-corrected chi connectivity index (χ2v) is 5.24.